The Morgan fingerprint density at radius 2 is 1.46 bits per heavy atom. The third kappa shape index (κ3) is 17.5. The lowest BCUT2D eigenvalue weighted by Gasteiger charge is -2.08. The van der Waals surface area contributed by atoms with Crippen LogP contribution in [0.15, 0.2) is 12.2 Å². The Morgan fingerprint density at radius 1 is 0.917 bits per heavy atom. The van der Waals surface area contributed by atoms with Crippen molar-refractivity contribution in [1.29, 1.82) is 0 Å². The molecule has 2 N–H and O–H groups in total. The van der Waals surface area contributed by atoms with Gasteiger partial charge < -0.3 is 14.9 Å². The third-order valence-corrected chi connectivity index (χ3v) is 4.04. The zero-order valence-corrected chi connectivity index (χ0v) is 15.5. The number of rotatable bonds is 17. The average molecular weight is 343 g/mol. The van der Waals surface area contributed by atoms with Gasteiger partial charge in [0.2, 0.25) is 0 Å². The van der Waals surface area contributed by atoms with Gasteiger partial charge in [-0.2, -0.15) is 0 Å². The molecule has 0 aromatic carbocycles. The van der Waals surface area contributed by atoms with Crippen LogP contribution in [0, 0.1) is 0 Å². The zero-order valence-electron chi connectivity index (χ0n) is 15.5. The minimum Gasteiger partial charge on any atom is -0.463 e. The topological polar surface area (TPSA) is 66.8 Å². The summed E-state index contributed by atoms with van der Waals surface area (Å²) in [5.41, 5.74) is 0. The van der Waals surface area contributed by atoms with E-state index < -0.39 is 6.10 Å². The molecule has 0 saturated carbocycles. The number of carbonyl (C=O) groups excluding carboxylic acids is 1. The van der Waals surface area contributed by atoms with Gasteiger partial charge in [0.1, 0.15) is 12.7 Å². The van der Waals surface area contributed by atoms with Crippen LogP contribution in [0.25, 0.3) is 0 Å². The quantitative estimate of drug-likeness (QED) is 0.231. The van der Waals surface area contributed by atoms with Gasteiger partial charge in [-0.3, -0.25) is 4.79 Å². The first-order valence-electron chi connectivity index (χ1n) is 9.80. The van der Waals surface area contributed by atoms with E-state index >= 15 is 0 Å². The van der Waals surface area contributed by atoms with Gasteiger partial charge in [-0.1, -0.05) is 64.0 Å². The Bertz CT molecular complexity index is 302. The molecule has 142 valence electrons. The molecule has 4 nitrogen and oxygen atoms in total. The molecule has 0 saturated heterocycles. The van der Waals surface area contributed by atoms with Crippen LogP contribution in [0.4, 0.5) is 0 Å². The minimum atomic E-state index is -0.960. The second-order valence-electron chi connectivity index (χ2n) is 6.50. The molecule has 0 unspecified atom stereocenters. The van der Waals surface area contributed by atoms with Crippen LogP contribution in [0.2, 0.25) is 0 Å². The number of esters is 1. The molecule has 0 aliphatic carbocycles. The number of allylic oxidation sites excluding steroid dienone is 2. The largest absolute Gasteiger partial charge is 0.463 e. The normalized spacial score (nSPS) is 12.6. The maximum atomic E-state index is 11.4. The Balaban J connectivity index is 3.23. The Labute approximate surface area is 148 Å². The molecule has 4 heteroatoms. The first-order valence-corrected chi connectivity index (χ1v) is 9.80. The van der Waals surface area contributed by atoms with Gasteiger partial charge in [-0.25, -0.2) is 0 Å². The highest BCUT2D eigenvalue weighted by atomic mass is 16.5. The molecule has 0 rings (SSSR count). The second-order valence-corrected chi connectivity index (χ2v) is 6.50. The summed E-state index contributed by atoms with van der Waals surface area (Å²) in [6.45, 7) is 1.76. The highest BCUT2D eigenvalue weighted by Crippen LogP contribution is 2.09. The fraction of sp³-hybridized carbons (Fsp3) is 0.850. The number of unbranched alkanes of at least 4 members (excludes halogenated alkanes) is 10. The molecule has 0 aromatic heterocycles. The first kappa shape index (κ1) is 23.1. The molecule has 0 amide bonds. The molecular weight excluding hydrogens is 304 g/mol. The molecule has 0 fully saturated rings. The summed E-state index contributed by atoms with van der Waals surface area (Å²) in [6.07, 6.45) is 18.6. The zero-order chi connectivity index (χ0) is 17.9. The van der Waals surface area contributed by atoms with E-state index in [1.165, 1.54) is 51.4 Å². The summed E-state index contributed by atoms with van der Waals surface area (Å²) in [4.78, 5) is 11.4. The lowest BCUT2D eigenvalue weighted by molar-refractivity contribution is -0.147. The van der Waals surface area contributed by atoms with E-state index in [0.717, 1.165) is 25.7 Å². The predicted octanol–water partition coefficient (Wildman–Crippen LogP) is 4.53. The van der Waals surface area contributed by atoms with Crippen LogP contribution in [0.5, 0.6) is 0 Å². The number of hydrogen-bond donors (Lipinski definition) is 2. The lowest BCUT2D eigenvalue weighted by Crippen LogP contribution is -2.21. The first-order chi connectivity index (χ1) is 11.7. The smallest absolute Gasteiger partial charge is 0.305 e. The van der Waals surface area contributed by atoms with Crippen molar-refractivity contribution in [3.8, 4) is 0 Å². The fourth-order valence-electron chi connectivity index (χ4n) is 2.48. The standard InChI is InChI=1S/C20H38O4/c1-2-3-4-5-6-7-8-9-10-11-12-13-14-15-16-20(23)24-18-19(22)17-21/h8-9,19,21-22H,2-7,10-18H2,1H3/b9-8+/t19-/m1/s1. The Morgan fingerprint density at radius 3 is 2.04 bits per heavy atom. The van der Waals surface area contributed by atoms with Crippen molar-refractivity contribution < 1.29 is 19.7 Å². The van der Waals surface area contributed by atoms with Crippen LogP contribution >= 0.6 is 0 Å². The maximum absolute atomic E-state index is 11.4. The highest BCUT2D eigenvalue weighted by Gasteiger charge is 2.07. The minimum absolute atomic E-state index is 0.111. The third-order valence-electron chi connectivity index (χ3n) is 4.04. The van der Waals surface area contributed by atoms with Crippen LogP contribution in [0.1, 0.15) is 90.4 Å². The SMILES string of the molecule is CCCCCCC/C=C/CCCCCCCC(=O)OC[C@H](O)CO. The average Bonchev–Trinajstić information content (AvgIpc) is 2.59. The Hall–Kier alpha value is -0.870. The fourth-order valence-corrected chi connectivity index (χ4v) is 2.48. The molecule has 0 heterocycles. The van der Waals surface area contributed by atoms with E-state index in [9.17, 15) is 4.79 Å². The van der Waals surface area contributed by atoms with Crippen molar-refractivity contribution >= 4 is 5.97 Å². The van der Waals surface area contributed by atoms with Gasteiger partial charge in [0, 0.05) is 6.42 Å². The monoisotopic (exact) mass is 342 g/mol. The molecule has 0 spiro atoms. The van der Waals surface area contributed by atoms with Gasteiger partial charge in [0.15, 0.2) is 0 Å². The van der Waals surface area contributed by atoms with Gasteiger partial charge in [0.25, 0.3) is 0 Å². The van der Waals surface area contributed by atoms with E-state index in [1.807, 2.05) is 0 Å². The van der Waals surface area contributed by atoms with E-state index in [2.05, 4.69) is 19.1 Å². The summed E-state index contributed by atoms with van der Waals surface area (Å²) < 4.78 is 4.85. The van der Waals surface area contributed by atoms with Gasteiger partial charge in [-0.15, -0.1) is 0 Å². The number of ether oxygens (including phenoxy) is 1. The molecule has 24 heavy (non-hydrogen) atoms. The Kier molecular flexibility index (Phi) is 17.8. The van der Waals surface area contributed by atoms with Crippen LogP contribution in [-0.2, 0) is 9.53 Å². The number of hydrogen-bond acceptors (Lipinski definition) is 4. The number of aliphatic hydroxyl groups is 2. The lowest BCUT2D eigenvalue weighted by atomic mass is 10.1. The van der Waals surface area contributed by atoms with Crippen LogP contribution < -0.4 is 0 Å². The van der Waals surface area contributed by atoms with Crippen molar-refractivity contribution in [1.82, 2.24) is 0 Å². The molecular formula is C20H38O4. The summed E-state index contributed by atoms with van der Waals surface area (Å²) in [5.74, 6) is -0.288. The van der Waals surface area contributed by atoms with E-state index in [0.29, 0.717) is 6.42 Å². The van der Waals surface area contributed by atoms with Crippen molar-refractivity contribution in [2.45, 2.75) is 96.5 Å². The summed E-state index contributed by atoms with van der Waals surface area (Å²) in [5, 5.41) is 17.7. The number of aliphatic hydroxyl groups excluding tert-OH is 2. The van der Waals surface area contributed by atoms with Gasteiger partial charge in [-0.05, 0) is 32.1 Å². The molecule has 0 aromatic rings. The van der Waals surface area contributed by atoms with Crippen molar-refractivity contribution in [3.63, 3.8) is 0 Å². The van der Waals surface area contributed by atoms with E-state index in [4.69, 9.17) is 14.9 Å². The molecule has 0 aliphatic heterocycles. The molecule has 1 atom stereocenters. The molecule has 0 aliphatic rings. The van der Waals surface area contributed by atoms with Crippen molar-refractivity contribution in [3.05, 3.63) is 12.2 Å². The highest BCUT2D eigenvalue weighted by molar-refractivity contribution is 5.69. The molecule has 0 bridgehead atoms. The second kappa shape index (κ2) is 18.5. The van der Waals surface area contributed by atoms with Gasteiger partial charge in [0.05, 0.1) is 6.61 Å². The van der Waals surface area contributed by atoms with Crippen LogP contribution in [0.3, 0.4) is 0 Å². The van der Waals surface area contributed by atoms with E-state index in [-0.39, 0.29) is 19.2 Å². The van der Waals surface area contributed by atoms with Crippen LogP contribution in [-0.4, -0.2) is 35.5 Å². The predicted molar refractivity (Wildman–Crippen MR) is 98.9 cm³/mol. The summed E-state index contributed by atoms with van der Waals surface area (Å²) in [7, 11) is 0. The number of carbonyl (C=O) groups is 1. The van der Waals surface area contributed by atoms with Crippen molar-refractivity contribution in [2.75, 3.05) is 13.2 Å². The maximum Gasteiger partial charge on any atom is 0.305 e. The van der Waals surface area contributed by atoms with Crippen molar-refractivity contribution in [2.24, 2.45) is 0 Å². The molecule has 0 radical (unpaired) electrons. The van der Waals surface area contributed by atoms with Gasteiger partial charge >= 0.3 is 5.97 Å². The summed E-state index contributed by atoms with van der Waals surface area (Å²) in [6, 6.07) is 0. The summed E-state index contributed by atoms with van der Waals surface area (Å²) >= 11 is 0. The van der Waals surface area contributed by atoms with E-state index in [1.54, 1.807) is 0 Å².